The SMILES string of the molecule is CNC(=O)c1ccc(N(C)CCC#N)c([N+](=O)[O-])c1. The van der Waals surface area contributed by atoms with Crippen LogP contribution in [0.15, 0.2) is 18.2 Å². The molecule has 0 aliphatic heterocycles. The number of carbonyl (C=O) groups excluding carboxylic acids is 1. The van der Waals surface area contributed by atoms with Gasteiger partial charge in [-0.15, -0.1) is 0 Å². The van der Waals surface area contributed by atoms with Crippen LogP contribution in [0.4, 0.5) is 11.4 Å². The van der Waals surface area contributed by atoms with E-state index in [2.05, 4.69) is 5.32 Å². The van der Waals surface area contributed by atoms with Gasteiger partial charge in [-0.3, -0.25) is 14.9 Å². The predicted octanol–water partition coefficient (Wildman–Crippen LogP) is 1.30. The Morgan fingerprint density at radius 3 is 2.79 bits per heavy atom. The number of benzene rings is 1. The van der Waals surface area contributed by atoms with Crippen LogP contribution in [-0.4, -0.2) is 31.5 Å². The van der Waals surface area contributed by atoms with E-state index in [9.17, 15) is 14.9 Å². The van der Waals surface area contributed by atoms with Crippen LogP contribution in [0.5, 0.6) is 0 Å². The number of amides is 1. The van der Waals surface area contributed by atoms with E-state index in [0.29, 0.717) is 12.2 Å². The van der Waals surface area contributed by atoms with Crippen LogP contribution in [0.1, 0.15) is 16.8 Å². The lowest BCUT2D eigenvalue weighted by Crippen LogP contribution is -2.21. The molecular weight excluding hydrogens is 248 g/mol. The predicted molar refractivity (Wildman–Crippen MR) is 70.0 cm³/mol. The topological polar surface area (TPSA) is 99.3 Å². The van der Waals surface area contributed by atoms with Crippen molar-refractivity contribution < 1.29 is 9.72 Å². The minimum Gasteiger partial charge on any atom is -0.368 e. The zero-order valence-electron chi connectivity index (χ0n) is 10.7. The van der Waals surface area contributed by atoms with Crippen LogP contribution in [0.25, 0.3) is 0 Å². The van der Waals surface area contributed by atoms with E-state index >= 15 is 0 Å². The minimum absolute atomic E-state index is 0.151. The summed E-state index contributed by atoms with van der Waals surface area (Å²) < 4.78 is 0. The van der Waals surface area contributed by atoms with Gasteiger partial charge in [0.15, 0.2) is 0 Å². The second kappa shape index (κ2) is 6.35. The van der Waals surface area contributed by atoms with Crippen molar-refractivity contribution in [3.05, 3.63) is 33.9 Å². The molecule has 0 spiro atoms. The zero-order valence-corrected chi connectivity index (χ0v) is 10.7. The number of nitrogens with one attached hydrogen (secondary N) is 1. The average molecular weight is 262 g/mol. The number of carbonyl (C=O) groups is 1. The quantitative estimate of drug-likeness (QED) is 0.637. The normalized spacial score (nSPS) is 9.53. The van der Waals surface area contributed by atoms with Gasteiger partial charge in [-0.05, 0) is 12.1 Å². The summed E-state index contributed by atoms with van der Waals surface area (Å²) >= 11 is 0. The summed E-state index contributed by atoms with van der Waals surface area (Å²) in [5.41, 5.74) is 0.459. The Morgan fingerprint density at radius 2 is 2.26 bits per heavy atom. The van der Waals surface area contributed by atoms with Gasteiger partial charge in [0, 0.05) is 32.3 Å². The fraction of sp³-hybridized carbons (Fsp3) is 0.333. The molecule has 1 aromatic carbocycles. The van der Waals surface area contributed by atoms with Crippen LogP contribution < -0.4 is 10.2 Å². The molecule has 7 heteroatoms. The highest BCUT2D eigenvalue weighted by Gasteiger charge is 2.19. The summed E-state index contributed by atoms with van der Waals surface area (Å²) in [5, 5.41) is 22.0. The van der Waals surface area contributed by atoms with Gasteiger partial charge in [-0.2, -0.15) is 5.26 Å². The zero-order chi connectivity index (χ0) is 14.4. The molecule has 0 aliphatic rings. The van der Waals surface area contributed by atoms with Crippen LogP contribution in [0, 0.1) is 21.4 Å². The number of nitriles is 1. The molecule has 7 nitrogen and oxygen atoms in total. The standard InChI is InChI=1S/C12H14N4O3/c1-14-12(17)9-4-5-10(11(8-9)16(18)19)15(2)7-3-6-13/h4-5,8H,3,7H2,1-2H3,(H,14,17). The Hall–Kier alpha value is -2.62. The van der Waals surface area contributed by atoms with Gasteiger partial charge in [0.05, 0.1) is 17.4 Å². The lowest BCUT2D eigenvalue weighted by Gasteiger charge is -2.17. The number of hydrogen-bond acceptors (Lipinski definition) is 5. The molecule has 1 aromatic rings. The molecule has 0 atom stereocenters. The van der Waals surface area contributed by atoms with E-state index in [1.807, 2.05) is 6.07 Å². The van der Waals surface area contributed by atoms with Crippen molar-refractivity contribution >= 4 is 17.3 Å². The summed E-state index contributed by atoms with van der Waals surface area (Å²) in [7, 11) is 3.13. The first-order valence-corrected chi connectivity index (χ1v) is 5.60. The first-order chi connectivity index (χ1) is 9.01. The highest BCUT2D eigenvalue weighted by atomic mass is 16.6. The van der Waals surface area contributed by atoms with Crippen molar-refractivity contribution in [1.29, 1.82) is 5.26 Å². The van der Waals surface area contributed by atoms with Gasteiger partial charge in [-0.25, -0.2) is 0 Å². The molecule has 0 aromatic heterocycles. The highest BCUT2D eigenvalue weighted by Crippen LogP contribution is 2.28. The van der Waals surface area contributed by atoms with E-state index in [-0.39, 0.29) is 23.6 Å². The number of nitrogens with zero attached hydrogens (tertiary/aromatic N) is 3. The van der Waals surface area contributed by atoms with E-state index in [0.717, 1.165) is 0 Å². The molecule has 1 amide bonds. The van der Waals surface area contributed by atoms with Gasteiger partial charge >= 0.3 is 0 Å². The van der Waals surface area contributed by atoms with Gasteiger partial charge < -0.3 is 10.2 Å². The third-order valence-corrected chi connectivity index (χ3v) is 2.63. The van der Waals surface area contributed by atoms with Crippen molar-refractivity contribution in [3.8, 4) is 6.07 Å². The summed E-state index contributed by atoms with van der Waals surface area (Å²) in [6.07, 6.45) is 0.269. The second-order valence-corrected chi connectivity index (χ2v) is 3.87. The molecule has 0 aliphatic carbocycles. The first kappa shape index (κ1) is 14.4. The average Bonchev–Trinajstić information content (AvgIpc) is 2.43. The molecule has 0 saturated carbocycles. The Kier molecular flexibility index (Phi) is 4.83. The monoisotopic (exact) mass is 262 g/mol. The smallest absolute Gasteiger partial charge is 0.293 e. The fourth-order valence-corrected chi connectivity index (χ4v) is 1.62. The van der Waals surface area contributed by atoms with Crippen LogP contribution in [-0.2, 0) is 0 Å². The number of nitro groups is 1. The Morgan fingerprint density at radius 1 is 1.58 bits per heavy atom. The van der Waals surface area contributed by atoms with Gasteiger partial charge in [-0.1, -0.05) is 0 Å². The molecule has 0 bridgehead atoms. The molecule has 1 N–H and O–H groups in total. The number of hydrogen-bond donors (Lipinski definition) is 1. The van der Waals surface area contributed by atoms with Crippen molar-refractivity contribution in [2.45, 2.75) is 6.42 Å². The molecule has 1 rings (SSSR count). The van der Waals surface area contributed by atoms with Crippen molar-refractivity contribution in [2.75, 3.05) is 25.5 Å². The summed E-state index contributed by atoms with van der Waals surface area (Å²) in [5.74, 6) is -0.380. The molecule has 0 radical (unpaired) electrons. The molecule has 100 valence electrons. The molecule has 19 heavy (non-hydrogen) atoms. The second-order valence-electron chi connectivity index (χ2n) is 3.87. The first-order valence-electron chi connectivity index (χ1n) is 5.60. The van der Waals surface area contributed by atoms with Gasteiger partial charge in [0.1, 0.15) is 5.69 Å². The maximum Gasteiger partial charge on any atom is 0.293 e. The van der Waals surface area contributed by atoms with Crippen molar-refractivity contribution in [2.24, 2.45) is 0 Å². The van der Waals surface area contributed by atoms with E-state index in [1.165, 1.54) is 25.2 Å². The van der Waals surface area contributed by atoms with Crippen LogP contribution in [0.2, 0.25) is 0 Å². The maximum atomic E-state index is 11.5. The van der Waals surface area contributed by atoms with Crippen LogP contribution >= 0.6 is 0 Å². The fourth-order valence-electron chi connectivity index (χ4n) is 1.62. The Labute approximate surface area is 110 Å². The highest BCUT2D eigenvalue weighted by molar-refractivity contribution is 5.95. The summed E-state index contributed by atoms with van der Waals surface area (Å²) in [4.78, 5) is 23.6. The molecule has 0 unspecified atom stereocenters. The minimum atomic E-state index is -0.537. The van der Waals surface area contributed by atoms with E-state index in [1.54, 1.807) is 11.9 Å². The van der Waals surface area contributed by atoms with E-state index < -0.39 is 4.92 Å². The Balaban J connectivity index is 3.15. The van der Waals surface area contributed by atoms with E-state index in [4.69, 9.17) is 5.26 Å². The molecule has 0 saturated heterocycles. The summed E-state index contributed by atoms with van der Waals surface area (Å²) in [6.45, 7) is 0.386. The van der Waals surface area contributed by atoms with Crippen LogP contribution in [0.3, 0.4) is 0 Å². The number of nitro benzene ring substituents is 1. The van der Waals surface area contributed by atoms with Gasteiger partial charge in [0.2, 0.25) is 0 Å². The largest absolute Gasteiger partial charge is 0.368 e. The third kappa shape index (κ3) is 3.42. The third-order valence-electron chi connectivity index (χ3n) is 2.63. The molecule has 0 fully saturated rings. The number of anilines is 1. The molecule has 0 heterocycles. The van der Waals surface area contributed by atoms with Crippen molar-refractivity contribution in [1.82, 2.24) is 5.32 Å². The Bertz CT molecular complexity index is 536. The summed E-state index contributed by atoms with van der Waals surface area (Å²) in [6, 6.07) is 6.25. The maximum absolute atomic E-state index is 11.5. The van der Waals surface area contributed by atoms with Gasteiger partial charge in [0.25, 0.3) is 11.6 Å². The molecular formula is C12H14N4O3. The lowest BCUT2D eigenvalue weighted by molar-refractivity contribution is -0.384. The van der Waals surface area contributed by atoms with Crippen molar-refractivity contribution in [3.63, 3.8) is 0 Å². The lowest BCUT2D eigenvalue weighted by atomic mass is 10.1. The number of rotatable bonds is 5.